The monoisotopic (exact) mass is 210 g/mol. The zero-order valence-corrected chi connectivity index (χ0v) is 9.74. The second kappa shape index (κ2) is 5.49. The molecule has 15 heavy (non-hydrogen) atoms. The van der Waals surface area contributed by atoms with E-state index in [0.717, 1.165) is 17.2 Å². The average molecular weight is 210 g/mol. The lowest BCUT2D eigenvalue weighted by Crippen LogP contribution is -2.06. The lowest BCUT2D eigenvalue weighted by atomic mass is 10.3. The Bertz CT molecular complexity index is 308. The van der Waals surface area contributed by atoms with Crippen LogP contribution in [0.1, 0.15) is 20.8 Å². The van der Waals surface area contributed by atoms with Crippen LogP contribution in [0.4, 0.5) is 0 Å². The molecule has 0 aliphatic rings. The maximum Gasteiger partial charge on any atom is 0.164 e. The summed E-state index contributed by atoms with van der Waals surface area (Å²) in [5, 5.41) is 0. The minimum Gasteiger partial charge on any atom is -0.493 e. The third-order valence-corrected chi connectivity index (χ3v) is 1.81. The highest BCUT2D eigenvalue weighted by Gasteiger charge is 2.06. The molecule has 0 spiro atoms. The third-order valence-electron chi connectivity index (χ3n) is 1.81. The summed E-state index contributed by atoms with van der Waals surface area (Å²) < 4.78 is 16.2. The highest BCUT2D eigenvalue weighted by molar-refractivity contribution is 5.45. The molecule has 1 rings (SSSR count). The minimum atomic E-state index is 0.160. The molecule has 0 unspecified atom stereocenters. The van der Waals surface area contributed by atoms with Gasteiger partial charge in [0.05, 0.1) is 19.8 Å². The van der Waals surface area contributed by atoms with Crippen LogP contribution in [0.15, 0.2) is 18.2 Å². The predicted octanol–water partition coefficient (Wildman–Crippen LogP) is 2.88. The Morgan fingerprint density at radius 3 is 2.47 bits per heavy atom. The SMILES string of the molecule is CCOc1cc(OC(C)C)ccc1OC. The van der Waals surface area contributed by atoms with Crippen molar-refractivity contribution in [2.24, 2.45) is 0 Å². The van der Waals surface area contributed by atoms with Crippen molar-refractivity contribution in [3.05, 3.63) is 18.2 Å². The molecule has 3 nitrogen and oxygen atoms in total. The van der Waals surface area contributed by atoms with Crippen LogP contribution in [-0.2, 0) is 0 Å². The van der Waals surface area contributed by atoms with Crippen molar-refractivity contribution in [1.29, 1.82) is 0 Å². The van der Waals surface area contributed by atoms with E-state index in [1.165, 1.54) is 0 Å². The van der Waals surface area contributed by atoms with E-state index >= 15 is 0 Å². The number of hydrogen-bond acceptors (Lipinski definition) is 3. The molecule has 1 aromatic rings. The molecule has 0 radical (unpaired) electrons. The summed E-state index contributed by atoms with van der Waals surface area (Å²) in [5.74, 6) is 2.25. The maximum absolute atomic E-state index is 5.57. The van der Waals surface area contributed by atoms with E-state index in [-0.39, 0.29) is 6.10 Å². The molecular weight excluding hydrogens is 192 g/mol. The highest BCUT2D eigenvalue weighted by Crippen LogP contribution is 2.31. The molecule has 0 N–H and O–H groups in total. The summed E-state index contributed by atoms with van der Waals surface area (Å²) in [6.45, 7) is 6.53. The van der Waals surface area contributed by atoms with Crippen LogP contribution in [0.3, 0.4) is 0 Å². The van der Waals surface area contributed by atoms with Crippen molar-refractivity contribution < 1.29 is 14.2 Å². The number of benzene rings is 1. The van der Waals surface area contributed by atoms with Gasteiger partial charge in [0.15, 0.2) is 11.5 Å². The summed E-state index contributed by atoms with van der Waals surface area (Å²) in [6.07, 6.45) is 0.160. The van der Waals surface area contributed by atoms with Crippen molar-refractivity contribution in [2.75, 3.05) is 13.7 Å². The molecule has 84 valence electrons. The van der Waals surface area contributed by atoms with E-state index in [0.29, 0.717) is 6.61 Å². The van der Waals surface area contributed by atoms with Gasteiger partial charge in [-0.05, 0) is 32.9 Å². The zero-order valence-electron chi connectivity index (χ0n) is 9.74. The van der Waals surface area contributed by atoms with Crippen LogP contribution in [0.5, 0.6) is 17.2 Å². The second-order valence-electron chi connectivity index (χ2n) is 3.41. The Morgan fingerprint density at radius 1 is 1.20 bits per heavy atom. The quantitative estimate of drug-likeness (QED) is 0.748. The fourth-order valence-electron chi connectivity index (χ4n) is 1.27. The highest BCUT2D eigenvalue weighted by atomic mass is 16.5. The van der Waals surface area contributed by atoms with Crippen LogP contribution in [0, 0.1) is 0 Å². The summed E-state index contributed by atoms with van der Waals surface area (Å²) in [7, 11) is 1.63. The van der Waals surface area contributed by atoms with Crippen molar-refractivity contribution in [2.45, 2.75) is 26.9 Å². The fraction of sp³-hybridized carbons (Fsp3) is 0.500. The van der Waals surface area contributed by atoms with E-state index in [1.807, 2.05) is 39.0 Å². The van der Waals surface area contributed by atoms with E-state index in [9.17, 15) is 0 Å². The molecule has 0 heterocycles. The van der Waals surface area contributed by atoms with Crippen LogP contribution in [0.2, 0.25) is 0 Å². The number of hydrogen-bond donors (Lipinski definition) is 0. The van der Waals surface area contributed by atoms with E-state index in [4.69, 9.17) is 14.2 Å². The molecule has 0 fully saturated rings. The largest absolute Gasteiger partial charge is 0.493 e. The molecule has 0 saturated heterocycles. The smallest absolute Gasteiger partial charge is 0.164 e. The lowest BCUT2D eigenvalue weighted by Gasteiger charge is -2.13. The minimum absolute atomic E-state index is 0.160. The Hall–Kier alpha value is -1.38. The van der Waals surface area contributed by atoms with Gasteiger partial charge in [0, 0.05) is 6.07 Å². The lowest BCUT2D eigenvalue weighted by molar-refractivity contribution is 0.239. The van der Waals surface area contributed by atoms with Crippen LogP contribution < -0.4 is 14.2 Å². The van der Waals surface area contributed by atoms with E-state index in [1.54, 1.807) is 7.11 Å². The average Bonchev–Trinajstić information content (AvgIpc) is 2.18. The van der Waals surface area contributed by atoms with Gasteiger partial charge >= 0.3 is 0 Å². The maximum atomic E-state index is 5.57. The van der Waals surface area contributed by atoms with Crippen LogP contribution in [-0.4, -0.2) is 19.8 Å². The van der Waals surface area contributed by atoms with Crippen LogP contribution in [0.25, 0.3) is 0 Å². The van der Waals surface area contributed by atoms with Crippen molar-refractivity contribution in [3.8, 4) is 17.2 Å². The predicted molar refractivity (Wildman–Crippen MR) is 59.9 cm³/mol. The van der Waals surface area contributed by atoms with Crippen molar-refractivity contribution in [1.82, 2.24) is 0 Å². The summed E-state index contributed by atoms with van der Waals surface area (Å²) >= 11 is 0. The van der Waals surface area contributed by atoms with Gasteiger partial charge < -0.3 is 14.2 Å². The molecule has 0 aromatic heterocycles. The standard InChI is InChI=1S/C12H18O3/c1-5-14-12-8-10(15-9(2)3)6-7-11(12)13-4/h6-9H,5H2,1-4H3. The Balaban J connectivity index is 2.88. The molecule has 0 amide bonds. The van der Waals surface area contributed by atoms with Crippen LogP contribution >= 0.6 is 0 Å². The first-order valence-electron chi connectivity index (χ1n) is 5.14. The first-order chi connectivity index (χ1) is 7.17. The van der Waals surface area contributed by atoms with Gasteiger partial charge in [-0.25, -0.2) is 0 Å². The number of methoxy groups -OCH3 is 1. The molecule has 0 atom stereocenters. The summed E-state index contributed by atoms with van der Waals surface area (Å²) in [4.78, 5) is 0. The molecular formula is C12H18O3. The normalized spacial score (nSPS) is 10.2. The Morgan fingerprint density at radius 2 is 1.93 bits per heavy atom. The molecule has 0 bridgehead atoms. The molecule has 0 aliphatic heterocycles. The topological polar surface area (TPSA) is 27.7 Å². The number of rotatable bonds is 5. The second-order valence-corrected chi connectivity index (χ2v) is 3.41. The van der Waals surface area contributed by atoms with E-state index in [2.05, 4.69) is 0 Å². The Labute approximate surface area is 91.0 Å². The van der Waals surface area contributed by atoms with Gasteiger partial charge in [-0.3, -0.25) is 0 Å². The van der Waals surface area contributed by atoms with Gasteiger partial charge in [-0.2, -0.15) is 0 Å². The number of ether oxygens (including phenoxy) is 3. The van der Waals surface area contributed by atoms with Gasteiger partial charge in [-0.1, -0.05) is 0 Å². The summed E-state index contributed by atoms with van der Waals surface area (Å²) in [5.41, 5.74) is 0. The van der Waals surface area contributed by atoms with Crippen molar-refractivity contribution in [3.63, 3.8) is 0 Å². The zero-order chi connectivity index (χ0) is 11.3. The van der Waals surface area contributed by atoms with Crippen molar-refractivity contribution >= 4 is 0 Å². The first-order valence-corrected chi connectivity index (χ1v) is 5.14. The van der Waals surface area contributed by atoms with Gasteiger partial charge in [0.2, 0.25) is 0 Å². The Kier molecular flexibility index (Phi) is 4.28. The van der Waals surface area contributed by atoms with Gasteiger partial charge in [-0.15, -0.1) is 0 Å². The van der Waals surface area contributed by atoms with E-state index < -0.39 is 0 Å². The summed E-state index contributed by atoms with van der Waals surface area (Å²) in [6, 6.07) is 5.58. The first kappa shape index (κ1) is 11.7. The fourth-order valence-corrected chi connectivity index (χ4v) is 1.27. The van der Waals surface area contributed by atoms with Gasteiger partial charge in [0.1, 0.15) is 5.75 Å². The molecule has 0 saturated carbocycles. The van der Waals surface area contributed by atoms with Gasteiger partial charge in [0.25, 0.3) is 0 Å². The molecule has 0 aliphatic carbocycles. The molecule has 1 aromatic carbocycles. The third kappa shape index (κ3) is 3.35. The molecule has 3 heteroatoms.